The van der Waals surface area contributed by atoms with E-state index in [1.165, 1.54) is 0 Å². The number of hydrogen-bond donors (Lipinski definition) is 1. The normalized spacial score (nSPS) is 18.6. The monoisotopic (exact) mass is 345 g/mol. The van der Waals surface area contributed by atoms with E-state index in [0.29, 0.717) is 23.7 Å². The van der Waals surface area contributed by atoms with Crippen molar-refractivity contribution in [2.75, 3.05) is 26.4 Å². The summed E-state index contributed by atoms with van der Waals surface area (Å²) in [5.74, 6) is -0.218. The molecular weight excluding hydrogens is 325 g/mol. The molecule has 0 amide bonds. The molecule has 0 aromatic heterocycles. The molecule has 5 heteroatoms. The Morgan fingerprint density at radius 2 is 2.35 bits per heavy atom. The summed E-state index contributed by atoms with van der Waals surface area (Å²) in [6.07, 6.45) is 3.52. The summed E-state index contributed by atoms with van der Waals surface area (Å²) in [4.78, 5) is 0. The highest BCUT2D eigenvalue weighted by molar-refractivity contribution is 9.10. The molecule has 1 atom stereocenters. The molecule has 0 aliphatic carbocycles. The van der Waals surface area contributed by atoms with Crippen LogP contribution >= 0.6 is 15.9 Å². The number of ether oxygens (including phenoxy) is 2. The van der Waals surface area contributed by atoms with Crippen LogP contribution in [-0.2, 0) is 16.0 Å². The molecule has 1 aromatic carbocycles. The quantitative estimate of drug-likeness (QED) is 0.733. The average molecular weight is 346 g/mol. The highest BCUT2D eigenvalue weighted by Gasteiger charge is 2.14. The van der Waals surface area contributed by atoms with Crippen molar-refractivity contribution in [3.8, 4) is 0 Å². The molecule has 0 spiro atoms. The molecule has 0 saturated carbocycles. The molecular formula is C15H21BrFNO2. The van der Waals surface area contributed by atoms with Gasteiger partial charge in [-0.2, -0.15) is 0 Å². The Hall–Kier alpha value is -0.490. The van der Waals surface area contributed by atoms with Crippen LogP contribution in [0.1, 0.15) is 24.8 Å². The summed E-state index contributed by atoms with van der Waals surface area (Å²) >= 11 is 3.15. The fourth-order valence-electron chi connectivity index (χ4n) is 2.17. The number of nitrogens with one attached hydrogen (secondary N) is 1. The fourth-order valence-corrected chi connectivity index (χ4v) is 2.42. The Kier molecular flexibility index (Phi) is 6.93. The summed E-state index contributed by atoms with van der Waals surface area (Å²) in [6.45, 7) is 3.86. The number of halogens is 2. The van der Waals surface area contributed by atoms with Crippen LogP contribution in [0.15, 0.2) is 22.7 Å². The summed E-state index contributed by atoms with van der Waals surface area (Å²) in [7, 11) is 0. The van der Waals surface area contributed by atoms with Gasteiger partial charge in [-0.05, 0) is 59.4 Å². The molecule has 1 unspecified atom stereocenters. The lowest BCUT2D eigenvalue weighted by Crippen LogP contribution is -2.19. The first-order valence-electron chi connectivity index (χ1n) is 7.09. The van der Waals surface area contributed by atoms with Crippen molar-refractivity contribution in [2.45, 2.75) is 31.9 Å². The number of rotatable bonds is 8. The third-order valence-electron chi connectivity index (χ3n) is 3.28. The van der Waals surface area contributed by atoms with Gasteiger partial charge < -0.3 is 14.8 Å². The molecule has 3 nitrogen and oxygen atoms in total. The average Bonchev–Trinajstić information content (AvgIpc) is 2.95. The van der Waals surface area contributed by atoms with E-state index in [0.717, 1.165) is 44.6 Å². The van der Waals surface area contributed by atoms with E-state index in [1.807, 2.05) is 6.07 Å². The SMILES string of the molecule is Fc1cc(CNCCCOCC2CCCO2)ccc1Br. The van der Waals surface area contributed by atoms with Gasteiger partial charge >= 0.3 is 0 Å². The molecule has 0 bridgehead atoms. The third-order valence-corrected chi connectivity index (χ3v) is 3.93. The zero-order valence-corrected chi connectivity index (χ0v) is 13.1. The van der Waals surface area contributed by atoms with Gasteiger partial charge in [0.2, 0.25) is 0 Å². The first-order valence-corrected chi connectivity index (χ1v) is 7.89. The second kappa shape index (κ2) is 8.72. The van der Waals surface area contributed by atoms with E-state index in [1.54, 1.807) is 12.1 Å². The van der Waals surface area contributed by atoms with Gasteiger partial charge in [-0.3, -0.25) is 0 Å². The van der Waals surface area contributed by atoms with Crippen LogP contribution in [0.25, 0.3) is 0 Å². The zero-order chi connectivity index (χ0) is 14.2. The van der Waals surface area contributed by atoms with Gasteiger partial charge in [-0.15, -0.1) is 0 Å². The molecule has 1 aliphatic heterocycles. The Balaban J connectivity index is 1.49. The fraction of sp³-hybridized carbons (Fsp3) is 0.600. The van der Waals surface area contributed by atoms with Crippen molar-refractivity contribution in [1.29, 1.82) is 0 Å². The molecule has 1 saturated heterocycles. The number of hydrogen-bond acceptors (Lipinski definition) is 3. The second-order valence-electron chi connectivity index (χ2n) is 4.99. The van der Waals surface area contributed by atoms with Crippen LogP contribution in [0.3, 0.4) is 0 Å². The summed E-state index contributed by atoms with van der Waals surface area (Å²) < 4.78 is 24.9. The maximum atomic E-state index is 13.3. The second-order valence-corrected chi connectivity index (χ2v) is 5.84. The van der Waals surface area contributed by atoms with Crippen molar-refractivity contribution in [1.82, 2.24) is 5.32 Å². The van der Waals surface area contributed by atoms with Crippen molar-refractivity contribution >= 4 is 15.9 Å². The Bertz CT molecular complexity index is 411. The van der Waals surface area contributed by atoms with E-state index < -0.39 is 0 Å². The van der Waals surface area contributed by atoms with Gasteiger partial charge in [-0.1, -0.05) is 6.07 Å². The minimum absolute atomic E-state index is 0.218. The number of benzene rings is 1. The van der Waals surface area contributed by atoms with Gasteiger partial charge in [0.25, 0.3) is 0 Å². The van der Waals surface area contributed by atoms with Crippen LogP contribution in [0.4, 0.5) is 4.39 Å². The topological polar surface area (TPSA) is 30.5 Å². The molecule has 1 N–H and O–H groups in total. The standard InChI is InChI=1S/C15H21BrFNO2/c16-14-5-4-12(9-15(14)17)10-18-6-2-7-19-11-13-3-1-8-20-13/h4-5,9,13,18H,1-3,6-8,10-11H2. The predicted octanol–water partition coefficient (Wildman–Crippen LogP) is 3.26. The van der Waals surface area contributed by atoms with Crippen molar-refractivity contribution in [2.24, 2.45) is 0 Å². The lowest BCUT2D eigenvalue weighted by molar-refractivity contribution is 0.0166. The molecule has 112 valence electrons. The maximum Gasteiger partial charge on any atom is 0.137 e. The first-order chi connectivity index (χ1) is 9.75. The van der Waals surface area contributed by atoms with Crippen molar-refractivity contribution < 1.29 is 13.9 Å². The Morgan fingerprint density at radius 1 is 1.45 bits per heavy atom. The summed E-state index contributed by atoms with van der Waals surface area (Å²) in [5.41, 5.74) is 0.950. The summed E-state index contributed by atoms with van der Waals surface area (Å²) in [6, 6.07) is 5.19. The maximum absolute atomic E-state index is 13.3. The van der Waals surface area contributed by atoms with E-state index >= 15 is 0 Å². The van der Waals surface area contributed by atoms with E-state index in [9.17, 15) is 4.39 Å². The van der Waals surface area contributed by atoms with E-state index in [2.05, 4.69) is 21.2 Å². The van der Waals surface area contributed by atoms with E-state index in [-0.39, 0.29) is 5.82 Å². The molecule has 0 radical (unpaired) electrons. The third kappa shape index (κ3) is 5.48. The molecule has 20 heavy (non-hydrogen) atoms. The zero-order valence-electron chi connectivity index (χ0n) is 11.5. The molecule has 1 heterocycles. The largest absolute Gasteiger partial charge is 0.379 e. The minimum Gasteiger partial charge on any atom is -0.379 e. The van der Waals surface area contributed by atoms with Gasteiger partial charge in [0.15, 0.2) is 0 Å². The van der Waals surface area contributed by atoms with Gasteiger partial charge in [0.1, 0.15) is 5.82 Å². The van der Waals surface area contributed by atoms with Crippen LogP contribution in [0.5, 0.6) is 0 Å². The van der Waals surface area contributed by atoms with Crippen LogP contribution in [0.2, 0.25) is 0 Å². The molecule has 1 aromatic rings. The van der Waals surface area contributed by atoms with Gasteiger partial charge in [-0.25, -0.2) is 4.39 Å². The highest BCUT2D eigenvalue weighted by atomic mass is 79.9. The van der Waals surface area contributed by atoms with Crippen LogP contribution in [0, 0.1) is 5.82 Å². The minimum atomic E-state index is -0.218. The Morgan fingerprint density at radius 3 is 3.10 bits per heavy atom. The smallest absolute Gasteiger partial charge is 0.137 e. The molecule has 2 rings (SSSR count). The highest BCUT2D eigenvalue weighted by Crippen LogP contribution is 2.16. The van der Waals surface area contributed by atoms with Crippen LogP contribution in [-0.4, -0.2) is 32.5 Å². The lowest BCUT2D eigenvalue weighted by Gasteiger charge is -2.10. The Labute approximate surface area is 128 Å². The van der Waals surface area contributed by atoms with Crippen molar-refractivity contribution in [3.63, 3.8) is 0 Å². The molecule has 1 aliphatic rings. The van der Waals surface area contributed by atoms with Crippen LogP contribution < -0.4 is 5.32 Å². The predicted molar refractivity (Wildman–Crippen MR) is 80.2 cm³/mol. The first kappa shape index (κ1) is 15.9. The summed E-state index contributed by atoms with van der Waals surface area (Å²) in [5, 5.41) is 3.28. The van der Waals surface area contributed by atoms with Gasteiger partial charge in [0.05, 0.1) is 17.2 Å². The molecule has 1 fully saturated rings. The van der Waals surface area contributed by atoms with E-state index in [4.69, 9.17) is 9.47 Å². The van der Waals surface area contributed by atoms with Gasteiger partial charge in [0, 0.05) is 19.8 Å². The lowest BCUT2D eigenvalue weighted by atomic mass is 10.2. The van der Waals surface area contributed by atoms with Crippen molar-refractivity contribution in [3.05, 3.63) is 34.1 Å².